The summed E-state index contributed by atoms with van der Waals surface area (Å²) in [6, 6.07) is 2.09. The first-order valence-electron chi connectivity index (χ1n) is 4.33. The number of terminal acetylenes is 1. The van der Waals surface area contributed by atoms with Crippen LogP contribution in [0.5, 0.6) is 0 Å². The molecule has 76 valence electrons. The van der Waals surface area contributed by atoms with Crippen molar-refractivity contribution in [1.82, 2.24) is 5.32 Å². The predicted molar refractivity (Wildman–Crippen MR) is 69.6 cm³/mol. The molecule has 1 aromatic rings. The Bertz CT molecular complexity index is 321. The summed E-state index contributed by atoms with van der Waals surface area (Å²) in [4.78, 5) is 1.17. The monoisotopic (exact) mass is 335 g/mol. The molecular weight excluding hydrogens is 326 g/mol. The fraction of sp³-hybridized carbons (Fsp3) is 0.400. The van der Waals surface area contributed by atoms with E-state index in [1.165, 1.54) is 4.88 Å². The number of hydrogen-bond acceptors (Lipinski definition) is 2. The van der Waals surface area contributed by atoms with Crippen molar-refractivity contribution in [3.8, 4) is 12.3 Å². The van der Waals surface area contributed by atoms with E-state index in [1.807, 2.05) is 0 Å². The zero-order chi connectivity index (χ0) is 10.6. The van der Waals surface area contributed by atoms with Crippen LogP contribution in [-0.4, -0.2) is 6.54 Å². The molecule has 4 heteroatoms. The molecule has 0 saturated heterocycles. The van der Waals surface area contributed by atoms with E-state index in [0.717, 1.165) is 21.2 Å². The second-order valence-corrected chi connectivity index (χ2v) is 6.08. The van der Waals surface area contributed by atoms with Gasteiger partial charge in [-0.2, -0.15) is 0 Å². The molecule has 0 aromatic carbocycles. The summed E-state index contributed by atoms with van der Waals surface area (Å²) in [5, 5.41) is 3.31. The molecule has 1 atom stereocenters. The Balaban J connectivity index is 2.75. The molecule has 14 heavy (non-hydrogen) atoms. The van der Waals surface area contributed by atoms with Crippen LogP contribution < -0.4 is 5.32 Å². The van der Waals surface area contributed by atoms with Crippen LogP contribution in [0.1, 0.15) is 24.3 Å². The molecule has 0 spiro atoms. The predicted octanol–water partition coefficient (Wildman–Crippen LogP) is 3.95. The molecule has 0 amide bonds. The average Bonchev–Trinajstić information content (AvgIpc) is 2.48. The lowest BCUT2D eigenvalue weighted by molar-refractivity contribution is 0.633. The molecular formula is C10H11Br2NS. The van der Waals surface area contributed by atoms with Gasteiger partial charge in [0.25, 0.3) is 0 Å². The second-order valence-electron chi connectivity index (χ2n) is 2.82. The molecule has 1 unspecified atom stereocenters. The topological polar surface area (TPSA) is 12.0 Å². The minimum atomic E-state index is 0.0301. The molecule has 0 aliphatic heterocycles. The second kappa shape index (κ2) is 5.92. The van der Waals surface area contributed by atoms with Gasteiger partial charge in [-0.15, -0.1) is 17.8 Å². The summed E-state index contributed by atoms with van der Waals surface area (Å²) < 4.78 is 2.15. The van der Waals surface area contributed by atoms with Gasteiger partial charge >= 0.3 is 0 Å². The van der Waals surface area contributed by atoms with E-state index in [-0.39, 0.29) is 6.04 Å². The minimum Gasteiger partial charge on any atom is -0.299 e. The standard InChI is InChI=1S/C10H11Br2NS/c1-3-5-13-8(4-2)9-6-7(11)10(12)14-9/h2,6,8,13H,3,5H2,1H3. The average molecular weight is 337 g/mol. The van der Waals surface area contributed by atoms with Crippen LogP contribution in [0.4, 0.5) is 0 Å². The smallest absolute Gasteiger partial charge is 0.104 e. The highest BCUT2D eigenvalue weighted by Gasteiger charge is 2.12. The van der Waals surface area contributed by atoms with Crippen molar-refractivity contribution in [2.24, 2.45) is 0 Å². The van der Waals surface area contributed by atoms with Crippen LogP contribution >= 0.6 is 43.2 Å². The van der Waals surface area contributed by atoms with E-state index in [9.17, 15) is 0 Å². The summed E-state index contributed by atoms with van der Waals surface area (Å²) in [6.45, 7) is 3.07. The Hall–Kier alpha value is 0.180. The van der Waals surface area contributed by atoms with Gasteiger partial charge in [0.2, 0.25) is 0 Å². The molecule has 0 radical (unpaired) electrons. The summed E-state index contributed by atoms with van der Waals surface area (Å²) in [5.74, 6) is 2.75. The van der Waals surface area contributed by atoms with Gasteiger partial charge in [0.1, 0.15) is 6.04 Å². The van der Waals surface area contributed by atoms with Gasteiger partial charge in [-0.3, -0.25) is 5.32 Å². The molecule has 0 saturated carbocycles. The van der Waals surface area contributed by atoms with Crippen molar-refractivity contribution in [3.05, 3.63) is 19.2 Å². The first kappa shape index (κ1) is 12.3. The van der Waals surface area contributed by atoms with Crippen molar-refractivity contribution in [2.45, 2.75) is 19.4 Å². The normalized spacial score (nSPS) is 12.4. The lowest BCUT2D eigenvalue weighted by Crippen LogP contribution is -2.19. The molecule has 1 heterocycles. The third kappa shape index (κ3) is 3.09. The maximum atomic E-state index is 5.47. The quantitative estimate of drug-likeness (QED) is 0.821. The van der Waals surface area contributed by atoms with Crippen LogP contribution in [0.2, 0.25) is 0 Å². The zero-order valence-corrected chi connectivity index (χ0v) is 11.8. The fourth-order valence-electron chi connectivity index (χ4n) is 1.04. The van der Waals surface area contributed by atoms with E-state index >= 15 is 0 Å². The zero-order valence-electron chi connectivity index (χ0n) is 7.81. The van der Waals surface area contributed by atoms with Crippen molar-refractivity contribution in [3.63, 3.8) is 0 Å². The number of nitrogens with one attached hydrogen (secondary N) is 1. The van der Waals surface area contributed by atoms with Crippen LogP contribution in [0.25, 0.3) is 0 Å². The molecule has 1 aromatic heterocycles. The Labute approximate surface area is 106 Å². The van der Waals surface area contributed by atoms with E-state index < -0.39 is 0 Å². The third-order valence-corrected chi connectivity index (χ3v) is 5.03. The van der Waals surface area contributed by atoms with Crippen molar-refractivity contribution in [2.75, 3.05) is 6.54 Å². The highest BCUT2D eigenvalue weighted by molar-refractivity contribution is 9.13. The third-order valence-electron chi connectivity index (χ3n) is 1.71. The minimum absolute atomic E-state index is 0.0301. The summed E-state index contributed by atoms with van der Waals surface area (Å²) in [5.41, 5.74) is 0. The number of rotatable bonds is 4. The Kier molecular flexibility index (Phi) is 5.18. The van der Waals surface area contributed by atoms with Crippen molar-refractivity contribution < 1.29 is 0 Å². The van der Waals surface area contributed by atoms with Gasteiger partial charge in [0.05, 0.1) is 3.79 Å². The summed E-state index contributed by atoms with van der Waals surface area (Å²) >= 11 is 8.57. The highest BCUT2D eigenvalue weighted by Crippen LogP contribution is 2.35. The number of halogens is 2. The van der Waals surface area contributed by atoms with Gasteiger partial charge in [0, 0.05) is 9.35 Å². The fourth-order valence-corrected chi connectivity index (χ4v) is 3.16. The first-order valence-corrected chi connectivity index (χ1v) is 6.73. The SMILES string of the molecule is C#CC(NCCC)c1cc(Br)c(Br)s1. The Morgan fingerprint density at radius 1 is 1.64 bits per heavy atom. The number of thiophene rings is 1. The number of hydrogen-bond donors (Lipinski definition) is 1. The lowest BCUT2D eigenvalue weighted by Gasteiger charge is -2.09. The molecule has 1 N–H and O–H groups in total. The Morgan fingerprint density at radius 3 is 2.79 bits per heavy atom. The molecule has 1 rings (SSSR count). The van der Waals surface area contributed by atoms with Gasteiger partial charge in [0.15, 0.2) is 0 Å². The maximum Gasteiger partial charge on any atom is 0.104 e. The molecule has 0 fully saturated rings. The van der Waals surface area contributed by atoms with Crippen molar-refractivity contribution >= 4 is 43.2 Å². The Morgan fingerprint density at radius 2 is 2.36 bits per heavy atom. The van der Waals surface area contributed by atoms with Crippen LogP contribution in [0, 0.1) is 12.3 Å². The van der Waals surface area contributed by atoms with E-state index in [0.29, 0.717) is 0 Å². The van der Waals surface area contributed by atoms with Crippen LogP contribution in [-0.2, 0) is 0 Å². The van der Waals surface area contributed by atoms with Crippen LogP contribution in [0.15, 0.2) is 14.3 Å². The van der Waals surface area contributed by atoms with Gasteiger partial charge in [-0.25, -0.2) is 0 Å². The molecule has 1 nitrogen and oxygen atoms in total. The van der Waals surface area contributed by atoms with E-state index in [2.05, 4.69) is 56.1 Å². The summed E-state index contributed by atoms with van der Waals surface area (Å²) in [7, 11) is 0. The molecule has 0 aliphatic carbocycles. The van der Waals surface area contributed by atoms with E-state index in [1.54, 1.807) is 11.3 Å². The van der Waals surface area contributed by atoms with Gasteiger partial charge in [-0.05, 0) is 50.9 Å². The van der Waals surface area contributed by atoms with Crippen LogP contribution in [0.3, 0.4) is 0 Å². The van der Waals surface area contributed by atoms with Gasteiger partial charge < -0.3 is 0 Å². The maximum absolute atomic E-state index is 5.47. The van der Waals surface area contributed by atoms with E-state index in [4.69, 9.17) is 6.42 Å². The highest BCUT2D eigenvalue weighted by atomic mass is 79.9. The lowest BCUT2D eigenvalue weighted by atomic mass is 10.2. The van der Waals surface area contributed by atoms with Gasteiger partial charge in [-0.1, -0.05) is 12.8 Å². The largest absolute Gasteiger partial charge is 0.299 e. The van der Waals surface area contributed by atoms with Crippen molar-refractivity contribution in [1.29, 1.82) is 0 Å². The molecule has 0 bridgehead atoms. The summed E-state index contributed by atoms with van der Waals surface area (Å²) in [6.07, 6.45) is 6.56. The molecule has 0 aliphatic rings. The first-order chi connectivity index (χ1) is 6.69.